The van der Waals surface area contributed by atoms with Gasteiger partial charge in [0.1, 0.15) is 0 Å². The van der Waals surface area contributed by atoms with Crippen LogP contribution >= 0.6 is 12.2 Å². The van der Waals surface area contributed by atoms with Crippen molar-refractivity contribution in [2.75, 3.05) is 24.5 Å². The number of para-hydroxylation sites is 1. The van der Waals surface area contributed by atoms with E-state index in [0.717, 1.165) is 19.5 Å². The van der Waals surface area contributed by atoms with Gasteiger partial charge >= 0.3 is 0 Å². The summed E-state index contributed by atoms with van der Waals surface area (Å²) in [6, 6.07) is 15.3. The molecule has 3 aromatic rings. The molecule has 4 rings (SSSR count). The minimum absolute atomic E-state index is 0.144. The van der Waals surface area contributed by atoms with Gasteiger partial charge in [0, 0.05) is 30.9 Å². The van der Waals surface area contributed by atoms with E-state index in [1.54, 1.807) is 18.2 Å². The fraction of sp³-hybridized carbons (Fsp3) is 0.250. The number of aromatic amines is 2. The van der Waals surface area contributed by atoms with E-state index in [0.29, 0.717) is 28.9 Å². The van der Waals surface area contributed by atoms with Crippen LogP contribution < -0.4 is 15.8 Å². The molecule has 1 aliphatic heterocycles. The van der Waals surface area contributed by atoms with Gasteiger partial charge in [-0.15, -0.1) is 0 Å². The maximum Gasteiger partial charge on any atom is 0.259 e. The van der Waals surface area contributed by atoms with Gasteiger partial charge in [-0.3, -0.25) is 14.6 Å². The van der Waals surface area contributed by atoms with Crippen molar-refractivity contribution in [1.29, 1.82) is 0 Å². The Kier molecular flexibility index (Phi) is 4.77. The number of hydrogen-bond acceptors (Lipinski definition) is 4. The predicted octanol–water partition coefficient (Wildman–Crippen LogP) is 2.84. The lowest BCUT2D eigenvalue weighted by Crippen LogP contribution is -2.31. The first-order valence-corrected chi connectivity index (χ1v) is 9.35. The number of carbonyl (C=O) groups is 1. The zero-order valence-electron chi connectivity index (χ0n) is 14.7. The van der Waals surface area contributed by atoms with Gasteiger partial charge in [-0.05, 0) is 54.9 Å². The first-order chi connectivity index (χ1) is 13.1. The predicted molar refractivity (Wildman–Crippen MR) is 109 cm³/mol. The number of aromatic nitrogens is 2. The Bertz CT molecular complexity index is 1090. The second-order valence-electron chi connectivity index (χ2n) is 6.81. The van der Waals surface area contributed by atoms with Crippen molar-refractivity contribution >= 4 is 34.7 Å². The van der Waals surface area contributed by atoms with Crippen molar-refractivity contribution in [1.82, 2.24) is 15.3 Å². The van der Waals surface area contributed by atoms with Crippen molar-refractivity contribution in [3.63, 3.8) is 0 Å². The lowest BCUT2D eigenvalue weighted by molar-refractivity contribution is 0.0948. The molecular weight excluding hydrogens is 360 g/mol. The summed E-state index contributed by atoms with van der Waals surface area (Å²) in [6.07, 6.45) is 1.05. The fourth-order valence-corrected chi connectivity index (χ4v) is 3.73. The largest absolute Gasteiger partial charge is 0.371 e. The maximum absolute atomic E-state index is 12.5. The van der Waals surface area contributed by atoms with Gasteiger partial charge in [-0.25, -0.2) is 0 Å². The molecule has 2 aromatic carbocycles. The summed E-state index contributed by atoms with van der Waals surface area (Å²) < 4.78 is 0.247. The molecule has 7 heteroatoms. The number of amides is 1. The molecule has 1 aliphatic rings. The highest BCUT2D eigenvalue weighted by Crippen LogP contribution is 2.23. The summed E-state index contributed by atoms with van der Waals surface area (Å²) in [5.41, 5.74) is 2.04. The fourth-order valence-electron chi connectivity index (χ4n) is 3.52. The van der Waals surface area contributed by atoms with Crippen molar-refractivity contribution in [3.05, 3.63) is 69.2 Å². The average molecular weight is 380 g/mol. The summed E-state index contributed by atoms with van der Waals surface area (Å²) in [6.45, 7) is 2.57. The van der Waals surface area contributed by atoms with Crippen LogP contribution in [-0.2, 0) is 0 Å². The normalized spacial score (nSPS) is 16.6. The Labute approximate surface area is 161 Å². The van der Waals surface area contributed by atoms with E-state index in [4.69, 9.17) is 12.2 Å². The zero-order valence-corrected chi connectivity index (χ0v) is 15.5. The average Bonchev–Trinajstić information content (AvgIpc) is 3.15. The Morgan fingerprint density at radius 3 is 2.81 bits per heavy atom. The zero-order chi connectivity index (χ0) is 18.8. The molecule has 3 N–H and O–H groups in total. The molecule has 1 fully saturated rings. The van der Waals surface area contributed by atoms with Crippen molar-refractivity contribution in [2.24, 2.45) is 5.92 Å². The van der Waals surface area contributed by atoms with Gasteiger partial charge in [-0.1, -0.05) is 18.2 Å². The number of H-pyrrole nitrogens is 2. The summed E-state index contributed by atoms with van der Waals surface area (Å²) in [5, 5.41) is 3.50. The van der Waals surface area contributed by atoms with Gasteiger partial charge in [0.2, 0.25) is 0 Å². The Morgan fingerprint density at radius 1 is 1.19 bits per heavy atom. The molecule has 2 heterocycles. The number of benzene rings is 2. The summed E-state index contributed by atoms with van der Waals surface area (Å²) in [5.74, 6) is 0.276. The molecule has 1 unspecified atom stereocenters. The van der Waals surface area contributed by atoms with E-state index in [9.17, 15) is 9.59 Å². The van der Waals surface area contributed by atoms with E-state index in [1.807, 2.05) is 18.2 Å². The van der Waals surface area contributed by atoms with Crippen LogP contribution in [0.5, 0.6) is 0 Å². The van der Waals surface area contributed by atoms with Crippen molar-refractivity contribution in [3.8, 4) is 0 Å². The van der Waals surface area contributed by atoms with Crippen molar-refractivity contribution in [2.45, 2.75) is 6.42 Å². The van der Waals surface area contributed by atoms with E-state index in [1.165, 1.54) is 5.69 Å². The molecule has 1 amide bonds. The molecule has 1 saturated heterocycles. The highest BCUT2D eigenvalue weighted by molar-refractivity contribution is 7.71. The third-order valence-electron chi connectivity index (χ3n) is 4.96. The van der Waals surface area contributed by atoms with E-state index in [2.05, 4.69) is 32.3 Å². The molecule has 6 nitrogen and oxygen atoms in total. The molecule has 27 heavy (non-hydrogen) atoms. The lowest BCUT2D eigenvalue weighted by Gasteiger charge is -2.18. The lowest BCUT2D eigenvalue weighted by atomic mass is 10.1. The summed E-state index contributed by atoms with van der Waals surface area (Å²) in [4.78, 5) is 32.2. The van der Waals surface area contributed by atoms with E-state index in [-0.39, 0.29) is 16.2 Å². The van der Waals surface area contributed by atoms with Crippen LogP contribution in [0.2, 0.25) is 0 Å². The maximum atomic E-state index is 12.5. The highest BCUT2D eigenvalue weighted by Gasteiger charge is 2.23. The minimum Gasteiger partial charge on any atom is -0.371 e. The smallest absolute Gasteiger partial charge is 0.259 e. The minimum atomic E-state index is -0.257. The van der Waals surface area contributed by atoms with Crippen molar-refractivity contribution < 1.29 is 4.79 Å². The molecule has 0 bridgehead atoms. The van der Waals surface area contributed by atoms with E-state index < -0.39 is 0 Å². The molecule has 138 valence electrons. The number of rotatable bonds is 4. The third kappa shape index (κ3) is 3.78. The molecule has 0 saturated carbocycles. The van der Waals surface area contributed by atoms with Crippen LogP contribution in [0, 0.1) is 10.7 Å². The van der Waals surface area contributed by atoms with Gasteiger partial charge in [0.25, 0.3) is 11.5 Å². The Morgan fingerprint density at radius 2 is 2.00 bits per heavy atom. The second kappa shape index (κ2) is 7.36. The number of hydrogen-bond donors (Lipinski definition) is 3. The number of nitrogens with one attached hydrogen (secondary N) is 3. The summed E-state index contributed by atoms with van der Waals surface area (Å²) in [7, 11) is 0. The summed E-state index contributed by atoms with van der Waals surface area (Å²) >= 11 is 4.99. The van der Waals surface area contributed by atoms with Gasteiger partial charge in [0.15, 0.2) is 4.77 Å². The monoisotopic (exact) mass is 380 g/mol. The standard InChI is InChI=1S/C20H20N4O2S/c25-18(14-6-7-16-17(10-14)22-20(27)23-19(16)26)21-11-13-8-9-24(12-13)15-4-2-1-3-5-15/h1-7,10,13H,8-9,11-12H2,(H,21,25)(H2,22,23,26,27). The molecule has 0 aliphatic carbocycles. The molecule has 0 spiro atoms. The number of nitrogens with zero attached hydrogens (tertiary/aromatic N) is 1. The first kappa shape index (κ1) is 17.5. The molecule has 1 atom stereocenters. The number of fused-ring (bicyclic) bond motifs is 1. The highest BCUT2D eigenvalue weighted by atomic mass is 32.1. The third-order valence-corrected chi connectivity index (χ3v) is 5.16. The SMILES string of the molecule is O=C(NCC1CCN(c2ccccc2)C1)c1ccc2c(=O)[nH]c(=S)[nH]c2c1. The van der Waals surface area contributed by atoms with Crippen LogP contribution in [0.1, 0.15) is 16.8 Å². The first-order valence-electron chi connectivity index (χ1n) is 8.95. The quantitative estimate of drug-likeness (QED) is 0.608. The van der Waals surface area contributed by atoms with E-state index >= 15 is 0 Å². The van der Waals surface area contributed by atoms with Gasteiger partial charge in [-0.2, -0.15) is 0 Å². The van der Waals surface area contributed by atoms with Crippen LogP contribution in [0.3, 0.4) is 0 Å². The molecule has 1 aromatic heterocycles. The van der Waals surface area contributed by atoms with Gasteiger partial charge in [0.05, 0.1) is 10.9 Å². The Hall–Kier alpha value is -2.93. The Balaban J connectivity index is 1.41. The van der Waals surface area contributed by atoms with Crippen LogP contribution in [0.15, 0.2) is 53.3 Å². The molecule has 0 radical (unpaired) electrons. The van der Waals surface area contributed by atoms with Crippen LogP contribution in [0.25, 0.3) is 10.9 Å². The number of carbonyl (C=O) groups excluding carboxylic acids is 1. The van der Waals surface area contributed by atoms with Gasteiger partial charge < -0.3 is 15.2 Å². The molecular formula is C20H20N4O2S. The second-order valence-corrected chi connectivity index (χ2v) is 7.22. The van der Waals surface area contributed by atoms with Crippen LogP contribution in [-0.4, -0.2) is 35.5 Å². The van der Waals surface area contributed by atoms with Crippen LogP contribution in [0.4, 0.5) is 5.69 Å². The number of anilines is 1. The topological polar surface area (TPSA) is 81.0 Å².